The van der Waals surface area contributed by atoms with E-state index in [1.165, 1.54) is 0 Å². The Morgan fingerprint density at radius 3 is 1.81 bits per heavy atom. The van der Waals surface area contributed by atoms with Crippen LogP contribution in [0, 0.1) is 0 Å². The van der Waals surface area contributed by atoms with E-state index in [0.717, 1.165) is 0 Å². The molecule has 0 spiro atoms. The first-order valence-corrected chi connectivity index (χ1v) is 5.17. The van der Waals surface area contributed by atoms with Crippen molar-refractivity contribution in [1.82, 2.24) is 15.0 Å². The molecule has 0 saturated carbocycles. The van der Waals surface area contributed by atoms with Gasteiger partial charge in [0.05, 0.1) is 0 Å². The topological polar surface area (TPSA) is 41.9 Å². The number of hydrogen-bond acceptors (Lipinski definition) is 6. The molecule has 0 fully saturated rings. The molecule has 0 radical (unpaired) electrons. The van der Waals surface area contributed by atoms with Crippen molar-refractivity contribution in [3.8, 4) is 0 Å². The maximum atomic E-state index is 4.10. The zero-order valence-corrected chi connectivity index (χ0v) is 9.96. The summed E-state index contributed by atoms with van der Waals surface area (Å²) in [6, 6.07) is 0. The third kappa shape index (κ3) is 4.88. The van der Waals surface area contributed by atoms with Crippen molar-refractivity contribution in [1.29, 1.82) is 0 Å². The molecule has 0 aliphatic rings. The summed E-state index contributed by atoms with van der Waals surface area (Å²) in [4.78, 5) is 13.9. The van der Waals surface area contributed by atoms with E-state index in [9.17, 15) is 0 Å². The Morgan fingerprint density at radius 2 is 1.44 bits per heavy atom. The normalized spacial score (nSPS) is 9.12. The summed E-state index contributed by atoms with van der Waals surface area (Å²) >= 11 is 8.13. The van der Waals surface area contributed by atoms with Gasteiger partial charge in [-0.05, 0) is 0 Å². The van der Waals surface area contributed by atoms with Gasteiger partial charge in [0.2, 0.25) is 5.95 Å². The molecular weight excluding hydrogens is 251 g/mol. The van der Waals surface area contributed by atoms with Crippen molar-refractivity contribution in [2.45, 2.75) is 10.3 Å². The third-order valence-electron chi connectivity index (χ3n) is 1.58. The van der Waals surface area contributed by atoms with E-state index in [0.29, 0.717) is 29.4 Å². The first kappa shape index (κ1) is 16.0. The molecular formula is C9H13N4NaS2. The van der Waals surface area contributed by atoms with Crippen LogP contribution in [-0.2, 0) is 0 Å². The molecule has 0 aliphatic heterocycles. The van der Waals surface area contributed by atoms with Crippen molar-refractivity contribution < 1.29 is 0 Å². The van der Waals surface area contributed by atoms with Gasteiger partial charge in [0.1, 0.15) is 0 Å². The predicted octanol–water partition coefficient (Wildman–Crippen LogP) is 0.979. The Morgan fingerprint density at radius 1 is 1.00 bits per heavy atom. The zero-order chi connectivity index (χ0) is 11.3. The van der Waals surface area contributed by atoms with E-state index >= 15 is 0 Å². The SMILES string of the molecule is C=CCN(CC=C)c1nc(S)nc(S)n1.[NaH]. The second-order valence-electron chi connectivity index (χ2n) is 2.72. The Balaban J connectivity index is 0.00000225. The number of anilines is 1. The standard InChI is InChI=1S/C9H12N4S2.Na.H/c1-3-5-13(6-4-2)7-10-8(14)12-9(15)11-7;;/h3-4H,1-2,5-6H2,(H2,10,11,12,14,15);;. The second kappa shape index (κ2) is 8.14. The molecule has 0 unspecified atom stereocenters. The van der Waals surface area contributed by atoms with E-state index in [1.54, 1.807) is 12.2 Å². The van der Waals surface area contributed by atoms with Gasteiger partial charge in [-0.1, -0.05) is 12.2 Å². The summed E-state index contributed by atoms with van der Waals surface area (Å²) in [6.07, 6.45) is 3.54. The summed E-state index contributed by atoms with van der Waals surface area (Å²) in [6.45, 7) is 8.61. The molecule has 1 rings (SSSR count). The fourth-order valence-corrected chi connectivity index (χ4v) is 1.48. The van der Waals surface area contributed by atoms with Crippen LogP contribution in [0.15, 0.2) is 35.6 Å². The minimum absolute atomic E-state index is 0. The Hall–Kier alpha value is -0.0100. The molecule has 82 valence electrons. The summed E-state index contributed by atoms with van der Waals surface area (Å²) in [5.41, 5.74) is 0. The molecule has 1 aromatic heterocycles. The minimum atomic E-state index is 0. The van der Waals surface area contributed by atoms with Gasteiger partial charge < -0.3 is 4.90 Å². The molecule has 1 heterocycles. The summed E-state index contributed by atoms with van der Waals surface area (Å²) in [5.74, 6) is 0.528. The molecule has 16 heavy (non-hydrogen) atoms. The summed E-state index contributed by atoms with van der Waals surface area (Å²) in [7, 11) is 0. The van der Waals surface area contributed by atoms with Gasteiger partial charge in [0.15, 0.2) is 10.3 Å². The molecule has 4 nitrogen and oxygen atoms in total. The average molecular weight is 264 g/mol. The molecule has 0 atom stereocenters. The summed E-state index contributed by atoms with van der Waals surface area (Å²) in [5, 5.41) is 0.700. The first-order valence-electron chi connectivity index (χ1n) is 4.28. The average Bonchev–Trinajstić information content (AvgIpc) is 2.16. The second-order valence-corrected chi connectivity index (χ2v) is 3.52. The number of rotatable bonds is 5. The van der Waals surface area contributed by atoms with Crippen molar-refractivity contribution >= 4 is 60.8 Å². The van der Waals surface area contributed by atoms with Crippen LogP contribution in [0.1, 0.15) is 0 Å². The van der Waals surface area contributed by atoms with E-state index in [4.69, 9.17) is 0 Å². The van der Waals surface area contributed by atoms with Crippen LogP contribution in [0.4, 0.5) is 5.95 Å². The Bertz CT molecular complexity index is 342. The van der Waals surface area contributed by atoms with Gasteiger partial charge in [-0.2, -0.15) is 15.0 Å². The van der Waals surface area contributed by atoms with Crippen LogP contribution in [0.2, 0.25) is 0 Å². The van der Waals surface area contributed by atoms with Gasteiger partial charge in [-0.3, -0.25) is 0 Å². The van der Waals surface area contributed by atoms with Gasteiger partial charge in [0, 0.05) is 13.1 Å². The fraction of sp³-hybridized carbons (Fsp3) is 0.222. The molecule has 1 aromatic rings. The zero-order valence-electron chi connectivity index (χ0n) is 8.17. The van der Waals surface area contributed by atoms with E-state index in [-0.39, 0.29) is 29.6 Å². The Kier molecular flexibility index (Phi) is 8.13. The van der Waals surface area contributed by atoms with Crippen molar-refractivity contribution in [3.05, 3.63) is 25.3 Å². The molecule has 0 amide bonds. The molecule has 0 aliphatic carbocycles. The first-order chi connectivity index (χ1) is 7.17. The molecule has 0 N–H and O–H groups in total. The number of thiol groups is 2. The van der Waals surface area contributed by atoms with Crippen molar-refractivity contribution in [2.75, 3.05) is 18.0 Å². The predicted molar refractivity (Wildman–Crippen MR) is 74.1 cm³/mol. The fourth-order valence-electron chi connectivity index (χ4n) is 1.03. The van der Waals surface area contributed by atoms with Crippen molar-refractivity contribution in [3.63, 3.8) is 0 Å². The maximum absolute atomic E-state index is 4.10. The quantitative estimate of drug-likeness (QED) is 0.472. The van der Waals surface area contributed by atoms with Crippen LogP contribution in [0.5, 0.6) is 0 Å². The monoisotopic (exact) mass is 264 g/mol. The molecule has 0 aromatic carbocycles. The van der Waals surface area contributed by atoms with Gasteiger partial charge >= 0.3 is 29.6 Å². The van der Waals surface area contributed by atoms with Crippen molar-refractivity contribution in [2.24, 2.45) is 0 Å². The van der Waals surface area contributed by atoms with Crippen LogP contribution in [-0.4, -0.2) is 57.6 Å². The number of aromatic nitrogens is 3. The van der Waals surface area contributed by atoms with Crippen LogP contribution in [0.3, 0.4) is 0 Å². The number of hydrogen-bond donors (Lipinski definition) is 2. The van der Waals surface area contributed by atoms with Gasteiger partial charge in [-0.25, -0.2) is 0 Å². The summed E-state index contributed by atoms with van der Waals surface area (Å²) < 4.78 is 0. The van der Waals surface area contributed by atoms with E-state index in [2.05, 4.69) is 53.4 Å². The Labute approximate surface area is 128 Å². The van der Waals surface area contributed by atoms with E-state index < -0.39 is 0 Å². The molecule has 0 bridgehead atoms. The number of nitrogens with zero attached hydrogens (tertiary/aromatic N) is 4. The van der Waals surface area contributed by atoms with Gasteiger partial charge in [-0.15, -0.1) is 38.4 Å². The van der Waals surface area contributed by atoms with Crippen LogP contribution in [0.25, 0.3) is 0 Å². The molecule has 0 saturated heterocycles. The van der Waals surface area contributed by atoms with Crippen LogP contribution >= 0.6 is 25.3 Å². The van der Waals surface area contributed by atoms with E-state index in [1.807, 2.05) is 4.90 Å². The molecule has 7 heteroatoms. The third-order valence-corrected chi connectivity index (χ3v) is 1.98. The van der Waals surface area contributed by atoms with Gasteiger partial charge in [0.25, 0.3) is 0 Å². The van der Waals surface area contributed by atoms with Crippen LogP contribution < -0.4 is 4.90 Å².